The fourth-order valence-corrected chi connectivity index (χ4v) is 1.99. The first-order valence-corrected chi connectivity index (χ1v) is 7.54. The molecule has 20 heavy (non-hydrogen) atoms. The second-order valence-corrected chi connectivity index (χ2v) is 5.27. The number of hydrogen-bond acceptors (Lipinski definition) is 3. The Morgan fingerprint density at radius 2 is 1.95 bits per heavy atom. The van der Waals surface area contributed by atoms with Crippen LogP contribution in [0.15, 0.2) is 4.99 Å². The average molecular weight is 283 g/mol. The predicted molar refractivity (Wildman–Crippen MR) is 82.9 cm³/mol. The Labute approximate surface area is 122 Å². The van der Waals surface area contributed by atoms with Crippen LogP contribution in [-0.4, -0.2) is 74.5 Å². The number of nitrogens with one attached hydrogen (secondary N) is 2. The van der Waals surface area contributed by atoms with Crippen LogP contribution < -0.4 is 10.6 Å². The third-order valence-corrected chi connectivity index (χ3v) is 3.38. The fourth-order valence-electron chi connectivity index (χ4n) is 1.99. The molecule has 1 saturated carbocycles. The van der Waals surface area contributed by atoms with Crippen LogP contribution in [0.25, 0.3) is 0 Å². The molecular formula is C14H29N5O. The number of rotatable bonds is 8. The Bertz CT molecular complexity index is 326. The van der Waals surface area contributed by atoms with Gasteiger partial charge in [0, 0.05) is 39.8 Å². The van der Waals surface area contributed by atoms with Gasteiger partial charge < -0.3 is 15.5 Å². The number of amides is 1. The van der Waals surface area contributed by atoms with Crippen LogP contribution in [0.1, 0.15) is 26.7 Å². The van der Waals surface area contributed by atoms with E-state index in [0.29, 0.717) is 0 Å². The molecule has 0 spiro atoms. The molecule has 1 aliphatic rings. The lowest BCUT2D eigenvalue weighted by molar-refractivity contribution is -0.127. The molecule has 0 aromatic carbocycles. The molecule has 0 aromatic heterocycles. The highest BCUT2D eigenvalue weighted by atomic mass is 16.2. The lowest BCUT2D eigenvalue weighted by Gasteiger charge is -2.20. The maximum absolute atomic E-state index is 11.5. The molecular weight excluding hydrogens is 254 g/mol. The van der Waals surface area contributed by atoms with Gasteiger partial charge in [0.05, 0.1) is 0 Å². The molecule has 0 saturated heterocycles. The summed E-state index contributed by atoms with van der Waals surface area (Å²) in [6.45, 7) is 8.17. The molecule has 1 amide bonds. The minimum absolute atomic E-state index is 0.00960. The molecule has 0 heterocycles. The zero-order valence-corrected chi connectivity index (χ0v) is 13.3. The number of carbonyl (C=O) groups excluding carboxylic acids is 1. The second-order valence-electron chi connectivity index (χ2n) is 5.27. The number of hydrogen-bond donors (Lipinski definition) is 2. The molecule has 0 aromatic rings. The van der Waals surface area contributed by atoms with Gasteiger partial charge in [-0.15, -0.1) is 0 Å². The Balaban J connectivity index is 2.33. The van der Waals surface area contributed by atoms with Gasteiger partial charge in [-0.05, 0) is 26.3 Å². The Hall–Kier alpha value is -1.30. The quantitative estimate of drug-likeness (QED) is 0.490. The minimum Gasteiger partial charge on any atom is -0.357 e. The Morgan fingerprint density at radius 3 is 2.45 bits per heavy atom. The second kappa shape index (κ2) is 8.79. The molecule has 6 heteroatoms. The summed E-state index contributed by atoms with van der Waals surface area (Å²) in [5, 5.41) is 6.45. The minimum atomic E-state index is 0.00960. The third kappa shape index (κ3) is 6.23. The van der Waals surface area contributed by atoms with Crippen LogP contribution in [-0.2, 0) is 4.79 Å². The first-order chi connectivity index (χ1) is 9.58. The molecule has 0 aliphatic heterocycles. The van der Waals surface area contributed by atoms with Crippen LogP contribution in [0.3, 0.4) is 0 Å². The van der Waals surface area contributed by atoms with Crippen molar-refractivity contribution in [2.45, 2.75) is 32.7 Å². The molecule has 1 rings (SSSR count). The molecule has 6 nitrogen and oxygen atoms in total. The lowest BCUT2D eigenvalue weighted by Crippen LogP contribution is -2.42. The normalized spacial score (nSPS) is 15.3. The van der Waals surface area contributed by atoms with Crippen LogP contribution >= 0.6 is 0 Å². The highest BCUT2D eigenvalue weighted by Crippen LogP contribution is 2.25. The van der Waals surface area contributed by atoms with E-state index in [1.54, 1.807) is 19.0 Å². The summed E-state index contributed by atoms with van der Waals surface area (Å²) in [5.41, 5.74) is 0. The van der Waals surface area contributed by atoms with Gasteiger partial charge >= 0.3 is 0 Å². The van der Waals surface area contributed by atoms with Crippen molar-refractivity contribution in [3.05, 3.63) is 0 Å². The summed E-state index contributed by atoms with van der Waals surface area (Å²) in [6, 6.07) is 0.789. The van der Waals surface area contributed by atoms with Crippen molar-refractivity contribution < 1.29 is 4.79 Å². The summed E-state index contributed by atoms with van der Waals surface area (Å²) >= 11 is 0. The topological polar surface area (TPSA) is 60.0 Å². The molecule has 1 fully saturated rings. The summed E-state index contributed by atoms with van der Waals surface area (Å²) in [4.78, 5) is 19.9. The van der Waals surface area contributed by atoms with E-state index < -0.39 is 0 Å². The highest BCUT2D eigenvalue weighted by Gasteiger charge is 2.27. The number of guanidine groups is 1. The monoisotopic (exact) mass is 283 g/mol. The van der Waals surface area contributed by atoms with Gasteiger partial charge in [0.25, 0.3) is 0 Å². The van der Waals surface area contributed by atoms with E-state index in [9.17, 15) is 4.79 Å². The lowest BCUT2D eigenvalue weighted by atomic mass is 10.4. The molecule has 1 aliphatic carbocycles. The summed E-state index contributed by atoms with van der Waals surface area (Å²) in [6.07, 6.45) is 2.67. The zero-order chi connectivity index (χ0) is 15.0. The molecule has 0 radical (unpaired) electrons. The van der Waals surface area contributed by atoms with Gasteiger partial charge in [0.1, 0.15) is 6.54 Å². The van der Waals surface area contributed by atoms with Crippen molar-refractivity contribution in [2.24, 2.45) is 4.99 Å². The Morgan fingerprint density at radius 1 is 1.25 bits per heavy atom. The van der Waals surface area contributed by atoms with Crippen LogP contribution in [0.5, 0.6) is 0 Å². The van der Waals surface area contributed by atoms with Gasteiger partial charge in [-0.25, -0.2) is 4.99 Å². The van der Waals surface area contributed by atoms with Crippen molar-refractivity contribution in [2.75, 3.05) is 46.8 Å². The molecule has 2 N–H and O–H groups in total. The SMILES string of the molecule is CCNC(=NCC(=O)N(C)C)NCCN(CC)C1CC1. The van der Waals surface area contributed by atoms with E-state index in [1.165, 1.54) is 12.8 Å². The summed E-state index contributed by atoms with van der Waals surface area (Å²) in [7, 11) is 3.49. The number of carbonyl (C=O) groups is 1. The standard InChI is InChI=1S/C14H29N5O/c1-5-15-14(17-11-13(20)18(3)4)16-9-10-19(6-2)12-7-8-12/h12H,5-11H2,1-4H3,(H2,15,16,17). The van der Waals surface area contributed by atoms with E-state index in [1.807, 2.05) is 6.92 Å². The third-order valence-electron chi connectivity index (χ3n) is 3.38. The number of likely N-dealkylation sites (N-methyl/N-ethyl adjacent to an activating group) is 2. The Kier molecular flexibility index (Phi) is 7.36. The number of aliphatic imine (C=N–C) groups is 1. The summed E-state index contributed by atoms with van der Waals surface area (Å²) < 4.78 is 0. The van der Waals surface area contributed by atoms with Crippen molar-refractivity contribution in [1.82, 2.24) is 20.4 Å². The van der Waals surface area contributed by atoms with E-state index in [4.69, 9.17) is 0 Å². The fraction of sp³-hybridized carbons (Fsp3) is 0.857. The summed E-state index contributed by atoms with van der Waals surface area (Å²) in [5.74, 6) is 0.727. The van der Waals surface area contributed by atoms with E-state index in [-0.39, 0.29) is 12.5 Å². The molecule has 0 bridgehead atoms. The van der Waals surface area contributed by atoms with Crippen molar-refractivity contribution in [3.63, 3.8) is 0 Å². The van der Waals surface area contributed by atoms with Crippen molar-refractivity contribution in [3.8, 4) is 0 Å². The first kappa shape index (κ1) is 16.8. The largest absolute Gasteiger partial charge is 0.357 e. The average Bonchev–Trinajstić information content (AvgIpc) is 3.24. The molecule has 116 valence electrons. The predicted octanol–water partition coefficient (Wildman–Crippen LogP) is 0.114. The van der Waals surface area contributed by atoms with Gasteiger partial charge in [0.2, 0.25) is 5.91 Å². The molecule has 0 atom stereocenters. The van der Waals surface area contributed by atoms with E-state index in [0.717, 1.165) is 38.2 Å². The smallest absolute Gasteiger partial charge is 0.243 e. The van der Waals surface area contributed by atoms with E-state index >= 15 is 0 Å². The maximum atomic E-state index is 11.5. The van der Waals surface area contributed by atoms with E-state index in [2.05, 4.69) is 27.4 Å². The van der Waals surface area contributed by atoms with Gasteiger partial charge in [-0.1, -0.05) is 6.92 Å². The van der Waals surface area contributed by atoms with Gasteiger partial charge in [0.15, 0.2) is 5.96 Å². The zero-order valence-electron chi connectivity index (χ0n) is 13.3. The van der Waals surface area contributed by atoms with Crippen LogP contribution in [0, 0.1) is 0 Å². The van der Waals surface area contributed by atoms with Crippen LogP contribution in [0.2, 0.25) is 0 Å². The first-order valence-electron chi connectivity index (χ1n) is 7.54. The number of nitrogens with zero attached hydrogens (tertiary/aromatic N) is 3. The van der Waals surface area contributed by atoms with Crippen molar-refractivity contribution >= 4 is 11.9 Å². The molecule has 0 unspecified atom stereocenters. The van der Waals surface area contributed by atoms with Crippen molar-refractivity contribution in [1.29, 1.82) is 0 Å². The maximum Gasteiger partial charge on any atom is 0.243 e. The van der Waals surface area contributed by atoms with Crippen LogP contribution in [0.4, 0.5) is 0 Å². The van der Waals surface area contributed by atoms with Gasteiger partial charge in [-0.3, -0.25) is 9.69 Å². The van der Waals surface area contributed by atoms with Gasteiger partial charge in [-0.2, -0.15) is 0 Å². The highest BCUT2D eigenvalue weighted by molar-refractivity contribution is 5.84.